The van der Waals surface area contributed by atoms with Gasteiger partial charge in [0, 0.05) is 16.1 Å². The second-order valence-corrected chi connectivity index (χ2v) is 7.48. The van der Waals surface area contributed by atoms with Crippen LogP contribution in [0.1, 0.15) is 28.0 Å². The number of amides is 1. The molecule has 0 aliphatic carbocycles. The Labute approximate surface area is 165 Å². The summed E-state index contributed by atoms with van der Waals surface area (Å²) >= 11 is 7.47. The number of nitrogens with one attached hydrogen (secondary N) is 1. The minimum Gasteiger partial charge on any atom is -0.346 e. The van der Waals surface area contributed by atoms with Gasteiger partial charge >= 0.3 is 0 Å². The van der Waals surface area contributed by atoms with Crippen LogP contribution in [0.25, 0.3) is 16.2 Å². The van der Waals surface area contributed by atoms with Crippen LogP contribution in [0.4, 0.5) is 0 Å². The van der Waals surface area contributed by atoms with Crippen molar-refractivity contribution in [3.63, 3.8) is 0 Å². The van der Waals surface area contributed by atoms with Crippen molar-refractivity contribution in [2.24, 2.45) is 0 Å². The number of aromatic nitrogens is 3. The lowest BCUT2D eigenvalue weighted by Gasteiger charge is -2.07. The summed E-state index contributed by atoms with van der Waals surface area (Å²) in [4.78, 5) is 18.1. The van der Waals surface area contributed by atoms with E-state index >= 15 is 0 Å². The number of hydrogen-bond donors (Lipinski definition) is 1. The average molecular weight is 397 g/mol. The summed E-state index contributed by atoms with van der Waals surface area (Å²) in [6, 6.07) is 16.8. The van der Waals surface area contributed by atoms with E-state index in [2.05, 4.69) is 17.3 Å². The quantitative estimate of drug-likeness (QED) is 0.536. The summed E-state index contributed by atoms with van der Waals surface area (Å²) in [7, 11) is 0. The van der Waals surface area contributed by atoms with Gasteiger partial charge < -0.3 is 5.32 Å². The Morgan fingerprint density at radius 3 is 2.59 bits per heavy atom. The topological polar surface area (TPSA) is 59.3 Å². The highest BCUT2D eigenvalue weighted by Crippen LogP contribution is 2.27. The Bertz CT molecular complexity index is 1090. The number of rotatable bonds is 5. The molecule has 4 aromatic rings. The van der Waals surface area contributed by atoms with Crippen LogP contribution in [0.3, 0.4) is 0 Å². The molecule has 0 saturated heterocycles. The first kappa shape index (κ1) is 17.7. The van der Waals surface area contributed by atoms with Crippen molar-refractivity contribution in [3.8, 4) is 11.3 Å². The third-order valence-corrected chi connectivity index (χ3v) is 5.52. The zero-order valence-electron chi connectivity index (χ0n) is 14.6. The third-order valence-electron chi connectivity index (χ3n) is 4.21. The Morgan fingerprint density at radius 1 is 1.15 bits per heavy atom. The lowest BCUT2D eigenvalue weighted by Crippen LogP contribution is -2.24. The van der Waals surface area contributed by atoms with E-state index in [1.807, 2.05) is 34.8 Å². The SMILES string of the molecule is CCc1nn2c(CNC(=O)c3ccc(Cl)cc3)c(-c3ccccc3)nc2s1. The third kappa shape index (κ3) is 3.59. The molecule has 27 heavy (non-hydrogen) atoms. The summed E-state index contributed by atoms with van der Waals surface area (Å²) < 4.78 is 1.84. The molecule has 0 unspecified atom stereocenters. The molecular formula is C20H17ClN4OS. The lowest BCUT2D eigenvalue weighted by atomic mass is 10.1. The molecule has 2 aromatic heterocycles. The van der Waals surface area contributed by atoms with E-state index in [0.717, 1.165) is 33.3 Å². The number of aryl methyl sites for hydroxylation is 1. The maximum atomic E-state index is 12.5. The molecule has 4 rings (SSSR count). The van der Waals surface area contributed by atoms with E-state index < -0.39 is 0 Å². The van der Waals surface area contributed by atoms with Crippen molar-refractivity contribution in [2.45, 2.75) is 19.9 Å². The molecule has 2 aromatic carbocycles. The summed E-state index contributed by atoms with van der Waals surface area (Å²) in [6.07, 6.45) is 0.852. The maximum Gasteiger partial charge on any atom is 0.251 e. The molecule has 2 heterocycles. The summed E-state index contributed by atoms with van der Waals surface area (Å²) in [5.74, 6) is -0.161. The Morgan fingerprint density at radius 2 is 1.89 bits per heavy atom. The van der Waals surface area contributed by atoms with Gasteiger partial charge in [-0.1, -0.05) is 60.2 Å². The van der Waals surface area contributed by atoms with Crippen LogP contribution < -0.4 is 5.32 Å². The van der Waals surface area contributed by atoms with Gasteiger partial charge in [-0.2, -0.15) is 5.10 Å². The van der Waals surface area contributed by atoms with Crippen LogP contribution in [0.5, 0.6) is 0 Å². The molecule has 5 nitrogen and oxygen atoms in total. The van der Waals surface area contributed by atoms with Gasteiger partial charge in [-0.25, -0.2) is 9.50 Å². The van der Waals surface area contributed by atoms with Gasteiger partial charge in [-0.15, -0.1) is 0 Å². The molecule has 0 bridgehead atoms. The minimum absolute atomic E-state index is 0.161. The molecular weight excluding hydrogens is 380 g/mol. The van der Waals surface area contributed by atoms with Crippen LogP contribution in [0.2, 0.25) is 5.02 Å². The molecule has 0 aliphatic heterocycles. The fourth-order valence-electron chi connectivity index (χ4n) is 2.83. The second kappa shape index (κ2) is 7.50. The molecule has 136 valence electrons. The van der Waals surface area contributed by atoms with E-state index in [1.165, 1.54) is 0 Å². The molecule has 7 heteroatoms. The average Bonchev–Trinajstić information content (AvgIpc) is 3.25. The standard InChI is InChI=1S/C20H17ClN4OS/c1-2-17-24-25-16(12-22-19(26)14-8-10-15(21)11-9-14)18(23-20(25)27-17)13-6-4-3-5-7-13/h3-11H,2,12H2,1H3,(H,22,26). The summed E-state index contributed by atoms with van der Waals surface area (Å²) in [6.45, 7) is 2.40. The fourth-order valence-corrected chi connectivity index (χ4v) is 3.80. The van der Waals surface area contributed by atoms with E-state index in [-0.39, 0.29) is 5.91 Å². The van der Waals surface area contributed by atoms with Crippen molar-refractivity contribution in [1.82, 2.24) is 19.9 Å². The fraction of sp³-hybridized carbons (Fsp3) is 0.150. The van der Waals surface area contributed by atoms with Gasteiger partial charge in [0.25, 0.3) is 5.91 Å². The normalized spacial score (nSPS) is 11.0. The molecule has 0 saturated carbocycles. The highest BCUT2D eigenvalue weighted by molar-refractivity contribution is 7.16. The first-order valence-electron chi connectivity index (χ1n) is 8.62. The van der Waals surface area contributed by atoms with E-state index in [1.54, 1.807) is 35.6 Å². The number of carbonyl (C=O) groups excluding carboxylic acids is 1. The van der Waals surface area contributed by atoms with Gasteiger partial charge in [0.1, 0.15) is 5.01 Å². The van der Waals surface area contributed by atoms with Crippen LogP contribution in [-0.2, 0) is 13.0 Å². The minimum atomic E-state index is -0.161. The molecule has 0 fully saturated rings. The number of nitrogens with zero attached hydrogens (tertiary/aromatic N) is 3. The van der Waals surface area contributed by atoms with Gasteiger partial charge in [0.05, 0.1) is 17.9 Å². The first-order valence-corrected chi connectivity index (χ1v) is 9.81. The zero-order valence-corrected chi connectivity index (χ0v) is 16.2. The highest BCUT2D eigenvalue weighted by atomic mass is 35.5. The van der Waals surface area contributed by atoms with Crippen LogP contribution in [0.15, 0.2) is 54.6 Å². The smallest absolute Gasteiger partial charge is 0.251 e. The van der Waals surface area contributed by atoms with Crippen molar-refractivity contribution in [1.29, 1.82) is 0 Å². The number of carbonyl (C=O) groups is 1. The van der Waals surface area contributed by atoms with E-state index in [4.69, 9.17) is 16.6 Å². The molecule has 0 radical (unpaired) electrons. The second-order valence-electron chi connectivity index (χ2n) is 6.01. The van der Waals surface area contributed by atoms with E-state index in [0.29, 0.717) is 17.1 Å². The number of fused-ring (bicyclic) bond motifs is 1. The Kier molecular flexibility index (Phi) is 4.92. The summed E-state index contributed by atoms with van der Waals surface area (Å²) in [5, 5.41) is 9.23. The first-order chi connectivity index (χ1) is 13.2. The van der Waals surface area contributed by atoms with Crippen LogP contribution in [0, 0.1) is 0 Å². The van der Waals surface area contributed by atoms with Gasteiger partial charge in [0.2, 0.25) is 4.96 Å². The molecule has 0 atom stereocenters. The monoisotopic (exact) mass is 396 g/mol. The predicted octanol–water partition coefficient (Wildman–Crippen LogP) is 4.60. The number of benzene rings is 2. The summed E-state index contributed by atoms with van der Waals surface area (Å²) in [5.41, 5.74) is 3.28. The molecule has 0 aliphatic rings. The van der Waals surface area contributed by atoms with Crippen molar-refractivity contribution in [3.05, 3.63) is 75.9 Å². The van der Waals surface area contributed by atoms with Gasteiger partial charge in [-0.3, -0.25) is 4.79 Å². The van der Waals surface area contributed by atoms with Crippen molar-refractivity contribution in [2.75, 3.05) is 0 Å². The van der Waals surface area contributed by atoms with Gasteiger partial charge in [-0.05, 0) is 30.7 Å². The zero-order chi connectivity index (χ0) is 18.8. The van der Waals surface area contributed by atoms with Crippen LogP contribution >= 0.6 is 22.9 Å². The molecule has 0 spiro atoms. The van der Waals surface area contributed by atoms with Crippen LogP contribution in [-0.4, -0.2) is 20.5 Å². The maximum absolute atomic E-state index is 12.5. The molecule has 1 amide bonds. The largest absolute Gasteiger partial charge is 0.346 e. The molecule has 1 N–H and O–H groups in total. The van der Waals surface area contributed by atoms with Crippen molar-refractivity contribution < 1.29 is 4.79 Å². The predicted molar refractivity (Wildman–Crippen MR) is 108 cm³/mol. The number of halogens is 1. The van der Waals surface area contributed by atoms with E-state index in [9.17, 15) is 4.79 Å². The lowest BCUT2D eigenvalue weighted by molar-refractivity contribution is 0.0950. The number of imidazole rings is 1. The Hall–Kier alpha value is -2.70. The Balaban J connectivity index is 1.67. The van der Waals surface area contributed by atoms with Crippen molar-refractivity contribution >= 4 is 33.8 Å². The van der Waals surface area contributed by atoms with Gasteiger partial charge in [0.15, 0.2) is 0 Å². The number of hydrogen-bond acceptors (Lipinski definition) is 4. The highest BCUT2D eigenvalue weighted by Gasteiger charge is 2.18.